The van der Waals surface area contributed by atoms with Crippen molar-refractivity contribution in [2.24, 2.45) is 0 Å². The molecule has 0 bridgehead atoms. The number of carbonyl (C=O) groups excluding carboxylic acids is 1. The highest BCUT2D eigenvalue weighted by molar-refractivity contribution is 5.79. The molecule has 1 amide bonds. The summed E-state index contributed by atoms with van der Waals surface area (Å²) in [5.41, 5.74) is 1.20. The van der Waals surface area contributed by atoms with Crippen LogP contribution in [0.25, 0.3) is 0 Å². The van der Waals surface area contributed by atoms with Crippen molar-refractivity contribution in [1.82, 2.24) is 15.2 Å². The van der Waals surface area contributed by atoms with E-state index in [2.05, 4.69) is 27.3 Å². The summed E-state index contributed by atoms with van der Waals surface area (Å²) in [4.78, 5) is 20.5. The monoisotopic (exact) mass is 260 g/mol. The molecule has 0 radical (unpaired) electrons. The maximum Gasteiger partial charge on any atom is 0.223 e. The molecule has 0 aromatic carbocycles. The van der Waals surface area contributed by atoms with Crippen LogP contribution in [0.2, 0.25) is 0 Å². The second-order valence-electron chi connectivity index (χ2n) is 5.28. The van der Waals surface area contributed by atoms with E-state index < -0.39 is 0 Å². The summed E-state index contributed by atoms with van der Waals surface area (Å²) < 4.78 is 0. The summed E-state index contributed by atoms with van der Waals surface area (Å²) in [6, 6.07) is 4.59. The van der Waals surface area contributed by atoms with Crippen molar-refractivity contribution in [3.63, 3.8) is 0 Å². The van der Waals surface area contributed by atoms with Gasteiger partial charge in [-0.15, -0.1) is 0 Å². The van der Waals surface area contributed by atoms with Gasteiger partial charge in [0.2, 0.25) is 5.91 Å². The van der Waals surface area contributed by atoms with Gasteiger partial charge >= 0.3 is 0 Å². The fraction of sp³-hybridized carbons (Fsp3) is 0.571. The SMILES string of the molecule is CNCc1ccc(N2CCN3C(=O)CCC3C2)nc1. The molecular formula is C14H20N4O. The molecule has 2 fully saturated rings. The molecule has 1 N–H and O–H groups in total. The van der Waals surface area contributed by atoms with E-state index in [1.807, 2.05) is 18.1 Å². The molecule has 0 aliphatic carbocycles. The molecule has 102 valence electrons. The fourth-order valence-corrected chi connectivity index (χ4v) is 2.98. The first-order valence-electron chi connectivity index (χ1n) is 6.92. The third-order valence-electron chi connectivity index (χ3n) is 4.01. The van der Waals surface area contributed by atoms with E-state index in [4.69, 9.17) is 0 Å². The average molecular weight is 260 g/mol. The Hall–Kier alpha value is -1.62. The zero-order valence-corrected chi connectivity index (χ0v) is 11.3. The Bertz CT molecular complexity index is 459. The zero-order chi connectivity index (χ0) is 13.2. The summed E-state index contributed by atoms with van der Waals surface area (Å²) in [6.45, 7) is 3.49. The number of nitrogens with one attached hydrogen (secondary N) is 1. The summed E-state index contributed by atoms with van der Waals surface area (Å²) in [6.07, 6.45) is 3.64. The quantitative estimate of drug-likeness (QED) is 0.865. The lowest BCUT2D eigenvalue weighted by atomic mass is 10.1. The van der Waals surface area contributed by atoms with Gasteiger partial charge in [0.1, 0.15) is 5.82 Å². The summed E-state index contributed by atoms with van der Waals surface area (Å²) in [5.74, 6) is 1.35. The topological polar surface area (TPSA) is 48.5 Å². The number of hydrogen-bond donors (Lipinski definition) is 1. The molecule has 3 heterocycles. The Morgan fingerprint density at radius 1 is 1.42 bits per heavy atom. The van der Waals surface area contributed by atoms with Gasteiger partial charge in [-0.05, 0) is 25.1 Å². The van der Waals surface area contributed by atoms with Crippen LogP contribution in [-0.2, 0) is 11.3 Å². The van der Waals surface area contributed by atoms with Crippen molar-refractivity contribution in [2.75, 3.05) is 31.6 Å². The number of anilines is 1. The molecule has 1 unspecified atom stereocenters. The maximum atomic E-state index is 11.7. The third-order valence-corrected chi connectivity index (χ3v) is 4.01. The van der Waals surface area contributed by atoms with E-state index in [-0.39, 0.29) is 0 Å². The third kappa shape index (κ3) is 2.42. The Kier molecular flexibility index (Phi) is 3.38. The van der Waals surface area contributed by atoms with Gasteiger partial charge in [-0.25, -0.2) is 4.98 Å². The Morgan fingerprint density at radius 2 is 2.32 bits per heavy atom. The van der Waals surface area contributed by atoms with Crippen molar-refractivity contribution in [1.29, 1.82) is 0 Å². The number of hydrogen-bond acceptors (Lipinski definition) is 4. The molecule has 1 aromatic rings. The highest BCUT2D eigenvalue weighted by Crippen LogP contribution is 2.25. The molecule has 1 atom stereocenters. The van der Waals surface area contributed by atoms with Crippen LogP contribution < -0.4 is 10.2 Å². The smallest absolute Gasteiger partial charge is 0.223 e. The largest absolute Gasteiger partial charge is 0.353 e. The Morgan fingerprint density at radius 3 is 3.05 bits per heavy atom. The first-order chi connectivity index (χ1) is 9.28. The van der Waals surface area contributed by atoms with Crippen molar-refractivity contribution < 1.29 is 4.79 Å². The molecule has 0 saturated carbocycles. The number of amides is 1. The van der Waals surface area contributed by atoms with Crippen LogP contribution in [0.3, 0.4) is 0 Å². The van der Waals surface area contributed by atoms with E-state index in [0.717, 1.165) is 38.4 Å². The van der Waals surface area contributed by atoms with Gasteiger partial charge in [0.05, 0.1) is 0 Å². The molecule has 2 aliphatic heterocycles. The predicted octanol–water partition coefficient (Wildman–Crippen LogP) is 0.612. The number of fused-ring (bicyclic) bond motifs is 1. The van der Waals surface area contributed by atoms with E-state index in [1.54, 1.807) is 0 Å². The number of carbonyl (C=O) groups is 1. The van der Waals surface area contributed by atoms with Crippen molar-refractivity contribution in [3.8, 4) is 0 Å². The van der Waals surface area contributed by atoms with Crippen molar-refractivity contribution in [3.05, 3.63) is 23.9 Å². The molecule has 0 spiro atoms. The lowest BCUT2D eigenvalue weighted by Crippen LogP contribution is -2.51. The molecule has 5 heteroatoms. The van der Waals surface area contributed by atoms with Crippen LogP contribution in [0.1, 0.15) is 18.4 Å². The van der Waals surface area contributed by atoms with E-state index in [9.17, 15) is 4.79 Å². The molecule has 3 rings (SSSR count). The van der Waals surface area contributed by atoms with Gasteiger partial charge < -0.3 is 15.1 Å². The predicted molar refractivity (Wildman–Crippen MR) is 73.9 cm³/mol. The Labute approximate surface area is 113 Å². The zero-order valence-electron chi connectivity index (χ0n) is 11.3. The van der Waals surface area contributed by atoms with Crippen LogP contribution in [0.15, 0.2) is 18.3 Å². The first kappa shape index (κ1) is 12.4. The minimum absolute atomic E-state index is 0.321. The van der Waals surface area contributed by atoms with Crippen molar-refractivity contribution >= 4 is 11.7 Å². The minimum atomic E-state index is 0.321. The lowest BCUT2D eigenvalue weighted by molar-refractivity contribution is -0.129. The summed E-state index contributed by atoms with van der Waals surface area (Å²) in [7, 11) is 1.93. The number of pyridine rings is 1. The number of rotatable bonds is 3. The first-order valence-corrected chi connectivity index (χ1v) is 6.92. The fourth-order valence-electron chi connectivity index (χ4n) is 2.98. The minimum Gasteiger partial charge on any atom is -0.353 e. The van der Waals surface area contributed by atoms with Crippen LogP contribution in [0.4, 0.5) is 5.82 Å². The van der Waals surface area contributed by atoms with Crippen LogP contribution in [0, 0.1) is 0 Å². The van der Waals surface area contributed by atoms with Gasteiger partial charge in [0, 0.05) is 44.8 Å². The van der Waals surface area contributed by atoms with Crippen LogP contribution in [-0.4, -0.2) is 48.5 Å². The Balaban J connectivity index is 1.68. The second-order valence-corrected chi connectivity index (χ2v) is 5.28. The van der Waals surface area contributed by atoms with Gasteiger partial charge in [-0.3, -0.25) is 4.79 Å². The standard InChI is InChI=1S/C14H20N4O/c1-15-8-11-2-4-13(16-9-11)17-6-7-18-12(10-17)3-5-14(18)19/h2,4,9,12,15H,3,5-8,10H2,1H3. The molecule has 2 saturated heterocycles. The van der Waals surface area contributed by atoms with E-state index in [0.29, 0.717) is 18.4 Å². The number of aromatic nitrogens is 1. The number of piperazine rings is 1. The molecule has 2 aliphatic rings. The van der Waals surface area contributed by atoms with Crippen molar-refractivity contribution in [2.45, 2.75) is 25.4 Å². The van der Waals surface area contributed by atoms with Crippen LogP contribution in [0.5, 0.6) is 0 Å². The lowest BCUT2D eigenvalue weighted by Gasteiger charge is -2.38. The summed E-state index contributed by atoms with van der Waals surface area (Å²) in [5, 5.41) is 3.12. The molecular weight excluding hydrogens is 240 g/mol. The average Bonchev–Trinajstić information content (AvgIpc) is 2.81. The molecule has 5 nitrogen and oxygen atoms in total. The maximum absolute atomic E-state index is 11.7. The van der Waals surface area contributed by atoms with Gasteiger partial charge in [0.15, 0.2) is 0 Å². The highest BCUT2D eigenvalue weighted by atomic mass is 16.2. The molecule has 1 aromatic heterocycles. The van der Waals surface area contributed by atoms with E-state index >= 15 is 0 Å². The van der Waals surface area contributed by atoms with Gasteiger partial charge in [-0.1, -0.05) is 6.07 Å². The number of nitrogens with zero attached hydrogens (tertiary/aromatic N) is 3. The van der Waals surface area contributed by atoms with Gasteiger partial charge in [0.25, 0.3) is 0 Å². The normalized spacial score (nSPS) is 22.8. The van der Waals surface area contributed by atoms with Crippen LogP contribution >= 0.6 is 0 Å². The van der Waals surface area contributed by atoms with Gasteiger partial charge in [-0.2, -0.15) is 0 Å². The molecule has 19 heavy (non-hydrogen) atoms. The van der Waals surface area contributed by atoms with E-state index in [1.165, 1.54) is 5.56 Å². The second kappa shape index (κ2) is 5.17. The summed E-state index contributed by atoms with van der Waals surface area (Å²) >= 11 is 0. The highest BCUT2D eigenvalue weighted by Gasteiger charge is 2.35.